The maximum atomic E-state index is 12.5. The first kappa shape index (κ1) is 18.2. The molecule has 26 heavy (non-hydrogen) atoms. The Morgan fingerprint density at radius 2 is 1.92 bits per heavy atom. The van der Waals surface area contributed by atoms with Crippen molar-refractivity contribution in [3.05, 3.63) is 71.3 Å². The van der Waals surface area contributed by atoms with Crippen LogP contribution >= 0.6 is 0 Å². The molecule has 0 atom stereocenters. The van der Waals surface area contributed by atoms with Gasteiger partial charge in [-0.25, -0.2) is 0 Å². The van der Waals surface area contributed by atoms with Gasteiger partial charge in [-0.3, -0.25) is 4.79 Å². The predicted octanol–water partition coefficient (Wildman–Crippen LogP) is 1.94. The standard InChI is InChI=1S/C22H26N2O2/c1-18-6-5-7-19(16-18)17-23-12-14-24(15-13-23)22(25)11-10-20-8-3-4-9-21(20)26-2/h3-11,16H,12-15,17H2,1-2H3/p+1/b11-10+. The maximum absolute atomic E-state index is 12.5. The van der Waals surface area contributed by atoms with Crippen molar-refractivity contribution < 1.29 is 14.4 Å². The smallest absolute Gasteiger partial charge is 0.246 e. The maximum Gasteiger partial charge on any atom is 0.246 e. The van der Waals surface area contributed by atoms with E-state index < -0.39 is 0 Å². The predicted molar refractivity (Wildman–Crippen MR) is 104 cm³/mol. The first-order chi connectivity index (χ1) is 12.7. The van der Waals surface area contributed by atoms with E-state index >= 15 is 0 Å². The lowest BCUT2D eigenvalue weighted by Gasteiger charge is -2.31. The molecule has 1 amide bonds. The minimum absolute atomic E-state index is 0.0745. The van der Waals surface area contributed by atoms with Gasteiger partial charge in [0.2, 0.25) is 5.91 Å². The molecule has 2 aromatic rings. The van der Waals surface area contributed by atoms with E-state index in [4.69, 9.17) is 4.74 Å². The highest BCUT2D eigenvalue weighted by Gasteiger charge is 2.22. The first-order valence-electron chi connectivity index (χ1n) is 9.15. The number of benzene rings is 2. The van der Waals surface area contributed by atoms with Crippen molar-refractivity contribution >= 4 is 12.0 Å². The zero-order valence-corrected chi connectivity index (χ0v) is 15.6. The number of hydrogen-bond acceptors (Lipinski definition) is 2. The molecular weight excluding hydrogens is 324 g/mol. The second kappa shape index (κ2) is 8.68. The molecule has 4 nitrogen and oxygen atoms in total. The van der Waals surface area contributed by atoms with Gasteiger partial charge in [0.05, 0.1) is 33.3 Å². The SMILES string of the molecule is COc1ccccc1/C=C/C(=O)N1CC[NH+](Cc2cccc(C)c2)CC1. The molecule has 3 rings (SSSR count). The van der Waals surface area contributed by atoms with Crippen LogP contribution in [0.3, 0.4) is 0 Å². The number of carbonyl (C=O) groups is 1. The van der Waals surface area contributed by atoms with Gasteiger partial charge in [0, 0.05) is 17.2 Å². The van der Waals surface area contributed by atoms with Crippen molar-refractivity contribution in [3.63, 3.8) is 0 Å². The van der Waals surface area contributed by atoms with E-state index in [0.717, 1.165) is 44.0 Å². The summed E-state index contributed by atoms with van der Waals surface area (Å²) in [4.78, 5) is 15.9. The molecule has 0 aliphatic carbocycles. The quantitative estimate of drug-likeness (QED) is 0.836. The van der Waals surface area contributed by atoms with Crippen LogP contribution in [0.1, 0.15) is 16.7 Å². The largest absolute Gasteiger partial charge is 0.496 e. The Balaban J connectivity index is 1.52. The van der Waals surface area contributed by atoms with Gasteiger partial charge >= 0.3 is 0 Å². The number of hydrogen-bond donors (Lipinski definition) is 1. The van der Waals surface area contributed by atoms with Crippen LogP contribution in [0.5, 0.6) is 5.75 Å². The monoisotopic (exact) mass is 351 g/mol. The highest BCUT2D eigenvalue weighted by molar-refractivity contribution is 5.92. The Kier molecular flexibility index (Phi) is 6.08. The third-order valence-electron chi connectivity index (χ3n) is 4.86. The highest BCUT2D eigenvalue weighted by Crippen LogP contribution is 2.18. The number of nitrogens with one attached hydrogen (secondary N) is 1. The Morgan fingerprint density at radius 3 is 2.65 bits per heavy atom. The average molecular weight is 351 g/mol. The molecule has 0 radical (unpaired) electrons. The number of para-hydroxylation sites is 1. The van der Waals surface area contributed by atoms with Gasteiger partial charge in [-0.15, -0.1) is 0 Å². The van der Waals surface area contributed by atoms with Gasteiger partial charge in [0.15, 0.2) is 0 Å². The third kappa shape index (κ3) is 4.73. The second-order valence-electron chi connectivity index (χ2n) is 6.82. The lowest BCUT2D eigenvalue weighted by Crippen LogP contribution is -3.13. The summed E-state index contributed by atoms with van der Waals surface area (Å²) in [5, 5.41) is 0. The fourth-order valence-corrected chi connectivity index (χ4v) is 3.40. The van der Waals surface area contributed by atoms with E-state index in [2.05, 4.69) is 31.2 Å². The molecule has 2 aromatic carbocycles. The van der Waals surface area contributed by atoms with Crippen LogP contribution in [-0.4, -0.2) is 44.1 Å². The van der Waals surface area contributed by atoms with Gasteiger partial charge in [0.25, 0.3) is 0 Å². The molecule has 0 unspecified atom stereocenters. The van der Waals surface area contributed by atoms with Crippen molar-refractivity contribution in [3.8, 4) is 5.75 Å². The van der Waals surface area contributed by atoms with E-state index in [1.165, 1.54) is 16.0 Å². The topological polar surface area (TPSA) is 34.0 Å². The molecule has 0 bridgehead atoms. The van der Waals surface area contributed by atoms with Gasteiger partial charge in [-0.2, -0.15) is 0 Å². The molecule has 0 saturated carbocycles. The summed E-state index contributed by atoms with van der Waals surface area (Å²) in [5.41, 5.74) is 3.60. The summed E-state index contributed by atoms with van der Waals surface area (Å²) in [5.74, 6) is 0.856. The molecule has 136 valence electrons. The molecule has 0 spiro atoms. The average Bonchev–Trinajstić information content (AvgIpc) is 2.67. The van der Waals surface area contributed by atoms with Crippen molar-refractivity contribution in [1.29, 1.82) is 0 Å². The molecule has 1 heterocycles. The number of aryl methyl sites for hydroxylation is 1. The Labute approximate surface area is 155 Å². The zero-order valence-electron chi connectivity index (χ0n) is 15.6. The van der Waals surface area contributed by atoms with Crippen molar-refractivity contribution in [2.24, 2.45) is 0 Å². The molecule has 0 aromatic heterocycles. The second-order valence-corrected chi connectivity index (χ2v) is 6.82. The van der Waals surface area contributed by atoms with E-state index in [-0.39, 0.29) is 5.91 Å². The van der Waals surface area contributed by atoms with Crippen molar-refractivity contribution in [2.75, 3.05) is 33.3 Å². The van der Waals surface area contributed by atoms with Crippen LogP contribution in [-0.2, 0) is 11.3 Å². The lowest BCUT2D eigenvalue weighted by atomic mass is 10.1. The third-order valence-corrected chi connectivity index (χ3v) is 4.86. The van der Waals surface area contributed by atoms with Crippen LogP contribution in [0.15, 0.2) is 54.6 Å². The summed E-state index contributed by atoms with van der Waals surface area (Å²) in [6, 6.07) is 16.4. The minimum Gasteiger partial charge on any atom is -0.496 e. The van der Waals surface area contributed by atoms with E-state index in [9.17, 15) is 4.79 Å². The van der Waals surface area contributed by atoms with Gasteiger partial charge in [-0.1, -0.05) is 48.0 Å². The summed E-state index contributed by atoms with van der Waals surface area (Å²) >= 11 is 0. The molecule has 1 aliphatic rings. The molecular formula is C22H27N2O2+. The molecule has 1 N–H and O–H groups in total. The minimum atomic E-state index is 0.0745. The van der Waals surface area contributed by atoms with E-state index in [1.807, 2.05) is 35.2 Å². The molecule has 1 aliphatic heterocycles. The zero-order chi connectivity index (χ0) is 18.4. The van der Waals surface area contributed by atoms with Crippen LogP contribution in [0.2, 0.25) is 0 Å². The summed E-state index contributed by atoms with van der Waals surface area (Å²) in [7, 11) is 1.64. The summed E-state index contributed by atoms with van der Waals surface area (Å²) in [6.07, 6.45) is 3.50. The molecule has 1 saturated heterocycles. The Hall–Kier alpha value is -2.59. The van der Waals surface area contributed by atoms with E-state index in [1.54, 1.807) is 13.2 Å². The van der Waals surface area contributed by atoms with Crippen LogP contribution in [0.4, 0.5) is 0 Å². The number of carbonyl (C=O) groups excluding carboxylic acids is 1. The Morgan fingerprint density at radius 1 is 1.15 bits per heavy atom. The fourth-order valence-electron chi connectivity index (χ4n) is 3.40. The fraction of sp³-hybridized carbons (Fsp3) is 0.318. The molecule has 4 heteroatoms. The number of methoxy groups -OCH3 is 1. The van der Waals surface area contributed by atoms with Crippen LogP contribution < -0.4 is 9.64 Å². The summed E-state index contributed by atoms with van der Waals surface area (Å²) in [6.45, 7) is 6.74. The van der Waals surface area contributed by atoms with Crippen molar-refractivity contribution in [1.82, 2.24) is 4.90 Å². The lowest BCUT2D eigenvalue weighted by molar-refractivity contribution is -0.917. The number of quaternary nitrogens is 1. The van der Waals surface area contributed by atoms with Gasteiger partial charge < -0.3 is 14.5 Å². The van der Waals surface area contributed by atoms with Gasteiger partial charge in [0.1, 0.15) is 12.3 Å². The summed E-state index contributed by atoms with van der Waals surface area (Å²) < 4.78 is 5.32. The number of nitrogens with zero attached hydrogens (tertiary/aromatic N) is 1. The normalized spacial score (nSPS) is 15.4. The van der Waals surface area contributed by atoms with Crippen LogP contribution in [0.25, 0.3) is 6.08 Å². The number of piperazine rings is 1. The number of ether oxygens (including phenoxy) is 1. The highest BCUT2D eigenvalue weighted by atomic mass is 16.5. The van der Waals surface area contributed by atoms with Crippen LogP contribution in [0, 0.1) is 6.92 Å². The first-order valence-corrected chi connectivity index (χ1v) is 9.15. The van der Waals surface area contributed by atoms with Crippen molar-refractivity contribution in [2.45, 2.75) is 13.5 Å². The number of amides is 1. The van der Waals surface area contributed by atoms with E-state index in [0.29, 0.717) is 0 Å². The van der Waals surface area contributed by atoms with Gasteiger partial charge in [-0.05, 0) is 19.1 Å². The Bertz CT molecular complexity index is 777. The molecule has 1 fully saturated rings. The number of rotatable bonds is 5.